The Morgan fingerprint density at radius 2 is 2.18 bits per heavy atom. The molecule has 96 valence electrons. The van der Waals surface area contributed by atoms with Gasteiger partial charge in [0.05, 0.1) is 5.69 Å². The first-order chi connectivity index (χ1) is 8.13. The lowest BCUT2D eigenvalue weighted by Gasteiger charge is -2.10. The molecule has 1 atom stereocenters. The zero-order chi connectivity index (χ0) is 12.8. The summed E-state index contributed by atoms with van der Waals surface area (Å²) in [7, 11) is 1.64. The van der Waals surface area contributed by atoms with Crippen LogP contribution in [-0.4, -0.2) is 23.2 Å². The maximum Gasteiger partial charge on any atom is 0.347 e. The average molecular weight is 257 g/mol. The molecule has 1 heterocycles. The smallest absolute Gasteiger partial charge is 0.347 e. The van der Waals surface area contributed by atoms with Crippen molar-refractivity contribution in [2.75, 3.05) is 7.11 Å². The first-order valence-corrected chi connectivity index (χ1v) is 6.71. The molecule has 0 saturated carbocycles. The average Bonchev–Trinajstić information content (AvgIpc) is 2.70. The summed E-state index contributed by atoms with van der Waals surface area (Å²) in [6, 6.07) is 0. The van der Waals surface area contributed by atoms with Gasteiger partial charge in [-0.3, -0.25) is 0 Å². The summed E-state index contributed by atoms with van der Waals surface area (Å²) in [5.74, 6) is -0.886. The van der Waals surface area contributed by atoms with Gasteiger partial charge in [0.15, 0.2) is 0 Å². The van der Waals surface area contributed by atoms with Gasteiger partial charge >= 0.3 is 5.97 Å². The minimum Gasteiger partial charge on any atom is -0.477 e. The highest BCUT2D eigenvalue weighted by Crippen LogP contribution is 2.29. The van der Waals surface area contributed by atoms with Gasteiger partial charge in [-0.2, -0.15) is 0 Å². The molecule has 17 heavy (non-hydrogen) atoms. The van der Waals surface area contributed by atoms with E-state index >= 15 is 0 Å². The number of aromatic carboxylic acids is 1. The van der Waals surface area contributed by atoms with Gasteiger partial charge in [-0.25, -0.2) is 9.78 Å². The number of carboxylic acids is 1. The van der Waals surface area contributed by atoms with Gasteiger partial charge in [0.1, 0.15) is 16.0 Å². The van der Waals surface area contributed by atoms with Crippen LogP contribution in [0, 0.1) is 0 Å². The SMILES string of the molecule is CCCc1nc(C(CCC)OC)sc1C(=O)O. The third kappa shape index (κ3) is 3.51. The number of methoxy groups -OCH3 is 1. The number of aryl methyl sites for hydroxylation is 1. The minimum absolute atomic E-state index is 0.0753. The first-order valence-electron chi connectivity index (χ1n) is 5.89. The fourth-order valence-corrected chi connectivity index (χ4v) is 2.75. The molecule has 0 radical (unpaired) electrons. The molecule has 0 spiro atoms. The van der Waals surface area contributed by atoms with Crippen molar-refractivity contribution in [3.8, 4) is 0 Å². The van der Waals surface area contributed by atoms with E-state index in [1.807, 2.05) is 6.92 Å². The highest BCUT2D eigenvalue weighted by Gasteiger charge is 2.21. The normalized spacial score (nSPS) is 12.6. The van der Waals surface area contributed by atoms with Gasteiger partial charge in [0, 0.05) is 7.11 Å². The number of hydrogen-bond acceptors (Lipinski definition) is 4. The predicted molar refractivity (Wildman–Crippen MR) is 67.7 cm³/mol. The Labute approximate surface area is 106 Å². The molecule has 1 aromatic heterocycles. The highest BCUT2D eigenvalue weighted by atomic mass is 32.1. The summed E-state index contributed by atoms with van der Waals surface area (Å²) in [5.41, 5.74) is 0.693. The van der Waals surface area contributed by atoms with Gasteiger partial charge in [0.2, 0.25) is 0 Å². The van der Waals surface area contributed by atoms with Crippen molar-refractivity contribution in [1.29, 1.82) is 0 Å². The van der Waals surface area contributed by atoms with E-state index in [4.69, 9.17) is 9.84 Å². The van der Waals surface area contributed by atoms with Crippen LogP contribution in [0.15, 0.2) is 0 Å². The van der Waals surface area contributed by atoms with Gasteiger partial charge in [-0.05, 0) is 12.8 Å². The molecule has 1 rings (SSSR count). The fraction of sp³-hybridized carbons (Fsp3) is 0.667. The second-order valence-corrected chi connectivity index (χ2v) is 4.93. The van der Waals surface area contributed by atoms with E-state index in [-0.39, 0.29) is 6.10 Å². The Morgan fingerprint density at radius 1 is 1.47 bits per heavy atom. The van der Waals surface area contributed by atoms with Crippen molar-refractivity contribution in [3.05, 3.63) is 15.6 Å². The second-order valence-electron chi connectivity index (χ2n) is 3.90. The third-order valence-corrected chi connectivity index (χ3v) is 3.68. The second kappa shape index (κ2) is 6.71. The molecule has 1 aromatic rings. The Kier molecular flexibility index (Phi) is 5.58. The first kappa shape index (κ1) is 14.1. The van der Waals surface area contributed by atoms with E-state index in [1.165, 1.54) is 11.3 Å². The molecule has 1 N–H and O–H groups in total. The summed E-state index contributed by atoms with van der Waals surface area (Å²) in [6.07, 6.45) is 3.39. The van der Waals surface area contributed by atoms with Crippen molar-refractivity contribution >= 4 is 17.3 Å². The number of nitrogens with zero attached hydrogens (tertiary/aromatic N) is 1. The largest absolute Gasteiger partial charge is 0.477 e. The molecule has 4 nitrogen and oxygen atoms in total. The van der Waals surface area contributed by atoms with Crippen LogP contribution in [-0.2, 0) is 11.2 Å². The van der Waals surface area contributed by atoms with Gasteiger partial charge in [-0.15, -0.1) is 11.3 Å². The van der Waals surface area contributed by atoms with Crippen LogP contribution in [0.2, 0.25) is 0 Å². The number of thiazole rings is 1. The molecule has 0 amide bonds. The zero-order valence-electron chi connectivity index (χ0n) is 10.5. The number of carbonyl (C=O) groups is 1. The van der Waals surface area contributed by atoms with Crippen LogP contribution >= 0.6 is 11.3 Å². The lowest BCUT2D eigenvalue weighted by atomic mass is 10.2. The molecule has 0 fully saturated rings. The molecule has 0 aliphatic rings. The molecule has 0 aliphatic carbocycles. The Bertz CT molecular complexity index is 376. The summed E-state index contributed by atoms with van der Waals surface area (Å²) < 4.78 is 5.36. The number of hydrogen-bond donors (Lipinski definition) is 1. The number of carboxylic acid groups (broad SMARTS) is 1. The maximum absolute atomic E-state index is 11.1. The quantitative estimate of drug-likeness (QED) is 0.814. The Morgan fingerprint density at radius 3 is 2.65 bits per heavy atom. The molecule has 0 aromatic carbocycles. The van der Waals surface area contributed by atoms with E-state index in [2.05, 4.69) is 11.9 Å². The molecule has 0 saturated heterocycles. The minimum atomic E-state index is -0.886. The molecular weight excluding hydrogens is 238 g/mol. The summed E-state index contributed by atoms with van der Waals surface area (Å²) >= 11 is 1.24. The number of rotatable bonds is 7. The van der Waals surface area contributed by atoms with Crippen LogP contribution in [0.4, 0.5) is 0 Å². The summed E-state index contributed by atoms with van der Waals surface area (Å²) in [5, 5.41) is 9.91. The van der Waals surface area contributed by atoms with Crippen molar-refractivity contribution < 1.29 is 14.6 Å². The lowest BCUT2D eigenvalue weighted by Crippen LogP contribution is -2.01. The molecule has 5 heteroatoms. The molecule has 0 aliphatic heterocycles. The number of aromatic nitrogens is 1. The standard InChI is InChI=1S/C12H19NO3S/c1-4-6-8-10(12(14)15)17-11(13-8)9(16-3)7-5-2/h9H,4-7H2,1-3H3,(H,14,15). The molecule has 0 bridgehead atoms. The topological polar surface area (TPSA) is 59.4 Å². The van der Waals surface area contributed by atoms with Gasteiger partial charge in [0.25, 0.3) is 0 Å². The van der Waals surface area contributed by atoms with Crippen LogP contribution in [0.5, 0.6) is 0 Å². The zero-order valence-corrected chi connectivity index (χ0v) is 11.3. The highest BCUT2D eigenvalue weighted by molar-refractivity contribution is 7.13. The van der Waals surface area contributed by atoms with E-state index in [9.17, 15) is 4.79 Å². The number of ether oxygens (including phenoxy) is 1. The van der Waals surface area contributed by atoms with E-state index in [0.717, 1.165) is 24.3 Å². The van der Waals surface area contributed by atoms with E-state index in [1.54, 1.807) is 7.11 Å². The van der Waals surface area contributed by atoms with Crippen LogP contribution in [0.3, 0.4) is 0 Å². The van der Waals surface area contributed by atoms with Crippen LogP contribution < -0.4 is 0 Å². The van der Waals surface area contributed by atoms with Crippen molar-refractivity contribution in [3.63, 3.8) is 0 Å². The van der Waals surface area contributed by atoms with Crippen molar-refractivity contribution in [2.24, 2.45) is 0 Å². The van der Waals surface area contributed by atoms with Crippen molar-refractivity contribution in [1.82, 2.24) is 4.98 Å². The predicted octanol–water partition coefficient (Wildman–Crippen LogP) is 3.28. The van der Waals surface area contributed by atoms with Crippen molar-refractivity contribution in [2.45, 2.75) is 45.6 Å². The van der Waals surface area contributed by atoms with E-state index < -0.39 is 5.97 Å². The van der Waals surface area contributed by atoms with Gasteiger partial charge in [-0.1, -0.05) is 26.7 Å². The third-order valence-electron chi connectivity index (χ3n) is 2.51. The monoisotopic (exact) mass is 257 g/mol. The fourth-order valence-electron chi connectivity index (χ4n) is 1.69. The maximum atomic E-state index is 11.1. The molecule has 1 unspecified atom stereocenters. The summed E-state index contributed by atoms with van der Waals surface area (Å²) in [6.45, 7) is 4.09. The Balaban J connectivity index is 3.00. The molecular formula is C12H19NO3S. The van der Waals surface area contributed by atoms with Crippen LogP contribution in [0.25, 0.3) is 0 Å². The lowest BCUT2D eigenvalue weighted by molar-refractivity contribution is 0.0700. The van der Waals surface area contributed by atoms with Gasteiger partial charge < -0.3 is 9.84 Å². The summed E-state index contributed by atoms with van der Waals surface area (Å²) in [4.78, 5) is 15.9. The van der Waals surface area contributed by atoms with E-state index in [0.29, 0.717) is 17.0 Å². The van der Waals surface area contributed by atoms with Crippen LogP contribution in [0.1, 0.15) is 59.6 Å². The Hall–Kier alpha value is -0.940.